The van der Waals surface area contributed by atoms with Crippen molar-refractivity contribution in [3.63, 3.8) is 0 Å². The molecule has 2 rings (SSSR count). The molecule has 0 spiro atoms. The average Bonchev–Trinajstić information content (AvgIpc) is 2.81. The average molecular weight is 207 g/mol. The maximum Gasteiger partial charge on any atom is 0.0636 e. The second kappa shape index (κ2) is 5.14. The monoisotopic (exact) mass is 207 g/mol. The molecule has 1 heterocycles. The first kappa shape index (κ1) is 10.5. The van der Waals surface area contributed by atoms with Gasteiger partial charge in [-0.3, -0.25) is 0 Å². The van der Waals surface area contributed by atoms with Gasteiger partial charge in [0.15, 0.2) is 0 Å². The molecule has 2 unspecified atom stereocenters. The quantitative estimate of drug-likeness (QED) is 0.786. The molecule has 3 heteroatoms. The Balaban J connectivity index is 1.96. The standard InChI is InChI=1S/C12H17NO2/c14-8-12(10-6-7-15-9-10)13-11-4-2-1-3-5-11/h1-5,10,12-14H,6-9H2. The zero-order valence-electron chi connectivity index (χ0n) is 8.73. The minimum Gasteiger partial charge on any atom is -0.394 e. The normalized spacial score (nSPS) is 22.6. The van der Waals surface area contributed by atoms with Crippen LogP contribution in [0.5, 0.6) is 0 Å². The van der Waals surface area contributed by atoms with Gasteiger partial charge in [0.2, 0.25) is 0 Å². The topological polar surface area (TPSA) is 41.5 Å². The van der Waals surface area contributed by atoms with E-state index < -0.39 is 0 Å². The summed E-state index contributed by atoms with van der Waals surface area (Å²) < 4.78 is 5.33. The third-order valence-electron chi connectivity index (χ3n) is 2.86. The maximum atomic E-state index is 9.33. The van der Waals surface area contributed by atoms with Crippen LogP contribution in [0.15, 0.2) is 30.3 Å². The van der Waals surface area contributed by atoms with Crippen LogP contribution in [0.25, 0.3) is 0 Å². The minimum absolute atomic E-state index is 0.106. The van der Waals surface area contributed by atoms with Crippen LogP contribution in [0, 0.1) is 5.92 Å². The molecule has 2 N–H and O–H groups in total. The van der Waals surface area contributed by atoms with Crippen LogP contribution in [-0.2, 0) is 4.74 Å². The van der Waals surface area contributed by atoms with E-state index in [1.165, 1.54) is 0 Å². The molecule has 3 nitrogen and oxygen atoms in total. The summed E-state index contributed by atoms with van der Waals surface area (Å²) in [6, 6.07) is 10.1. The van der Waals surface area contributed by atoms with Crippen molar-refractivity contribution in [3.8, 4) is 0 Å². The van der Waals surface area contributed by atoms with Gasteiger partial charge in [0, 0.05) is 18.2 Å². The summed E-state index contributed by atoms with van der Waals surface area (Å²) in [5, 5.41) is 12.7. The number of aliphatic hydroxyl groups is 1. The molecule has 82 valence electrons. The van der Waals surface area contributed by atoms with E-state index in [4.69, 9.17) is 4.74 Å². The number of hydrogen-bond donors (Lipinski definition) is 2. The molecule has 0 aromatic heterocycles. The molecule has 2 atom stereocenters. The summed E-state index contributed by atoms with van der Waals surface area (Å²) in [7, 11) is 0. The molecule has 1 aliphatic heterocycles. The first-order valence-corrected chi connectivity index (χ1v) is 5.40. The van der Waals surface area contributed by atoms with Crippen molar-refractivity contribution in [2.75, 3.05) is 25.1 Å². The fourth-order valence-electron chi connectivity index (χ4n) is 1.93. The van der Waals surface area contributed by atoms with Crippen LogP contribution in [0.1, 0.15) is 6.42 Å². The Morgan fingerprint density at radius 2 is 2.20 bits per heavy atom. The van der Waals surface area contributed by atoms with Gasteiger partial charge in [-0.05, 0) is 18.6 Å². The summed E-state index contributed by atoms with van der Waals surface area (Å²) in [5.74, 6) is 0.426. The molecule has 15 heavy (non-hydrogen) atoms. The predicted molar refractivity (Wildman–Crippen MR) is 59.9 cm³/mol. The highest BCUT2D eigenvalue weighted by Crippen LogP contribution is 2.20. The van der Waals surface area contributed by atoms with E-state index in [-0.39, 0.29) is 12.6 Å². The lowest BCUT2D eigenvalue weighted by molar-refractivity contribution is 0.170. The minimum atomic E-state index is 0.106. The van der Waals surface area contributed by atoms with Gasteiger partial charge in [-0.15, -0.1) is 0 Å². The maximum absolute atomic E-state index is 9.33. The number of anilines is 1. The third kappa shape index (κ3) is 2.70. The number of rotatable bonds is 4. The van der Waals surface area contributed by atoms with Crippen molar-refractivity contribution in [3.05, 3.63) is 30.3 Å². The Bertz CT molecular complexity index is 283. The second-order valence-corrected chi connectivity index (χ2v) is 3.92. The highest BCUT2D eigenvalue weighted by Gasteiger charge is 2.24. The Morgan fingerprint density at radius 3 is 2.80 bits per heavy atom. The number of para-hydroxylation sites is 1. The summed E-state index contributed by atoms with van der Waals surface area (Å²) in [4.78, 5) is 0. The van der Waals surface area contributed by atoms with Crippen LogP contribution in [0.2, 0.25) is 0 Å². The number of ether oxygens (including phenoxy) is 1. The van der Waals surface area contributed by atoms with Gasteiger partial charge < -0.3 is 15.2 Å². The van der Waals surface area contributed by atoms with Gasteiger partial charge in [-0.1, -0.05) is 18.2 Å². The van der Waals surface area contributed by atoms with Gasteiger partial charge in [0.05, 0.1) is 19.3 Å². The molecule has 1 aromatic carbocycles. The number of nitrogens with one attached hydrogen (secondary N) is 1. The Kier molecular flexibility index (Phi) is 3.59. The van der Waals surface area contributed by atoms with E-state index in [2.05, 4.69) is 5.32 Å². The van der Waals surface area contributed by atoms with Crippen molar-refractivity contribution in [2.24, 2.45) is 5.92 Å². The van der Waals surface area contributed by atoms with Crippen molar-refractivity contribution in [1.29, 1.82) is 0 Å². The molecular formula is C12H17NO2. The van der Waals surface area contributed by atoms with Crippen LogP contribution in [0.4, 0.5) is 5.69 Å². The fourth-order valence-corrected chi connectivity index (χ4v) is 1.93. The largest absolute Gasteiger partial charge is 0.394 e. The highest BCUT2D eigenvalue weighted by atomic mass is 16.5. The Labute approximate surface area is 90.1 Å². The van der Waals surface area contributed by atoms with Crippen LogP contribution in [0.3, 0.4) is 0 Å². The first-order chi connectivity index (χ1) is 7.40. The van der Waals surface area contributed by atoms with Gasteiger partial charge in [0.1, 0.15) is 0 Å². The van der Waals surface area contributed by atoms with E-state index >= 15 is 0 Å². The van der Waals surface area contributed by atoms with E-state index in [0.717, 1.165) is 25.3 Å². The van der Waals surface area contributed by atoms with Gasteiger partial charge in [-0.25, -0.2) is 0 Å². The van der Waals surface area contributed by atoms with Crippen molar-refractivity contribution >= 4 is 5.69 Å². The molecule has 1 saturated heterocycles. The molecule has 1 aromatic rings. The molecule has 0 amide bonds. The number of benzene rings is 1. The summed E-state index contributed by atoms with van der Waals surface area (Å²) in [6.45, 7) is 1.73. The van der Waals surface area contributed by atoms with Crippen molar-refractivity contribution in [2.45, 2.75) is 12.5 Å². The van der Waals surface area contributed by atoms with Gasteiger partial charge >= 0.3 is 0 Å². The third-order valence-corrected chi connectivity index (χ3v) is 2.86. The second-order valence-electron chi connectivity index (χ2n) is 3.92. The fraction of sp³-hybridized carbons (Fsp3) is 0.500. The van der Waals surface area contributed by atoms with Crippen LogP contribution < -0.4 is 5.32 Å². The smallest absolute Gasteiger partial charge is 0.0636 e. The molecule has 0 saturated carbocycles. The summed E-state index contributed by atoms with van der Waals surface area (Å²) >= 11 is 0. The molecule has 0 radical (unpaired) electrons. The highest BCUT2D eigenvalue weighted by molar-refractivity contribution is 5.43. The number of hydrogen-bond acceptors (Lipinski definition) is 3. The van der Waals surface area contributed by atoms with Gasteiger partial charge in [-0.2, -0.15) is 0 Å². The van der Waals surface area contributed by atoms with E-state index in [1.807, 2.05) is 30.3 Å². The van der Waals surface area contributed by atoms with E-state index in [1.54, 1.807) is 0 Å². The van der Waals surface area contributed by atoms with Crippen LogP contribution >= 0.6 is 0 Å². The molecule has 0 aliphatic carbocycles. The summed E-state index contributed by atoms with van der Waals surface area (Å²) in [6.07, 6.45) is 1.03. The lowest BCUT2D eigenvalue weighted by atomic mass is 9.99. The molecule has 1 fully saturated rings. The van der Waals surface area contributed by atoms with Gasteiger partial charge in [0.25, 0.3) is 0 Å². The summed E-state index contributed by atoms with van der Waals surface area (Å²) in [5.41, 5.74) is 1.06. The lowest BCUT2D eigenvalue weighted by Gasteiger charge is -2.22. The zero-order valence-corrected chi connectivity index (χ0v) is 8.73. The Morgan fingerprint density at radius 1 is 1.40 bits per heavy atom. The number of aliphatic hydroxyl groups excluding tert-OH is 1. The van der Waals surface area contributed by atoms with E-state index in [9.17, 15) is 5.11 Å². The van der Waals surface area contributed by atoms with Crippen LogP contribution in [-0.4, -0.2) is 31.0 Å². The Hall–Kier alpha value is -1.06. The predicted octanol–water partition coefficient (Wildman–Crippen LogP) is 1.50. The zero-order chi connectivity index (χ0) is 10.5. The first-order valence-electron chi connectivity index (χ1n) is 5.40. The lowest BCUT2D eigenvalue weighted by Crippen LogP contribution is -2.32. The van der Waals surface area contributed by atoms with Crippen molar-refractivity contribution < 1.29 is 9.84 Å². The van der Waals surface area contributed by atoms with E-state index in [0.29, 0.717) is 5.92 Å². The molecule has 1 aliphatic rings. The SMILES string of the molecule is OCC(Nc1ccccc1)C1CCOC1. The van der Waals surface area contributed by atoms with Crippen molar-refractivity contribution in [1.82, 2.24) is 0 Å². The molecular weight excluding hydrogens is 190 g/mol. The molecule has 0 bridgehead atoms.